The fourth-order valence-electron chi connectivity index (χ4n) is 1.68. The molecule has 5 heteroatoms. The van der Waals surface area contributed by atoms with Gasteiger partial charge in [0.1, 0.15) is 0 Å². The van der Waals surface area contributed by atoms with Crippen molar-refractivity contribution in [2.75, 3.05) is 0 Å². The molecule has 0 saturated heterocycles. The maximum absolute atomic E-state index is 10.9. The Hall–Kier alpha value is -1.72. The normalized spacial score (nSPS) is 10.4. The van der Waals surface area contributed by atoms with E-state index in [2.05, 4.69) is 15.9 Å². The van der Waals surface area contributed by atoms with Gasteiger partial charge in [0.05, 0.1) is 23.7 Å². The van der Waals surface area contributed by atoms with E-state index in [4.69, 9.17) is 4.74 Å². The summed E-state index contributed by atoms with van der Waals surface area (Å²) in [6.07, 6.45) is 0. The van der Waals surface area contributed by atoms with Gasteiger partial charge in [0.25, 0.3) is 5.69 Å². The quantitative estimate of drug-likeness (QED) is 0.616. The molecule has 0 radical (unpaired) electrons. The van der Waals surface area contributed by atoms with E-state index in [1.807, 2.05) is 30.3 Å². The van der Waals surface area contributed by atoms with Gasteiger partial charge in [-0.05, 0) is 17.7 Å². The van der Waals surface area contributed by atoms with Crippen molar-refractivity contribution in [3.63, 3.8) is 0 Å². The van der Waals surface area contributed by atoms with Crippen molar-refractivity contribution in [2.45, 2.75) is 13.2 Å². The Balaban J connectivity index is 2.02. The molecule has 0 N–H and O–H groups in total. The minimum atomic E-state index is -0.397. The van der Waals surface area contributed by atoms with Crippen LogP contribution in [0.15, 0.2) is 53.0 Å². The van der Waals surface area contributed by atoms with Crippen molar-refractivity contribution in [3.05, 3.63) is 74.2 Å². The molecule has 0 aliphatic heterocycles. The van der Waals surface area contributed by atoms with E-state index in [0.29, 0.717) is 16.6 Å². The molecule has 0 amide bonds. The van der Waals surface area contributed by atoms with Crippen LogP contribution in [0.4, 0.5) is 5.69 Å². The summed E-state index contributed by atoms with van der Waals surface area (Å²) in [6, 6.07) is 14.7. The summed E-state index contributed by atoms with van der Waals surface area (Å²) in [5.74, 6) is 0. The van der Waals surface area contributed by atoms with Gasteiger partial charge in [-0.1, -0.05) is 46.3 Å². The number of nitro groups is 1. The summed E-state index contributed by atoms with van der Waals surface area (Å²) in [7, 11) is 0. The van der Waals surface area contributed by atoms with Crippen LogP contribution in [0, 0.1) is 10.1 Å². The van der Waals surface area contributed by atoms with Gasteiger partial charge in [-0.15, -0.1) is 0 Å². The van der Waals surface area contributed by atoms with Crippen LogP contribution in [0.5, 0.6) is 0 Å². The lowest BCUT2D eigenvalue weighted by Crippen LogP contribution is -1.99. The number of nitrogens with zero attached hydrogens (tertiary/aromatic N) is 1. The zero-order valence-corrected chi connectivity index (χ0v) is 11.7. The Labute approximate surface area is 119 Å². The molecule has 0 heterocycles. The van der Waals surface area contributed by atoms with Crippen LogP contribution in [-0.2, 0) is 18.0 Å². The van der Waals surface area contributed by atoms with E-state index in [1.54, 1.807) is 12.1 Å². The topological polar surface area (TPSA) is 52.4 Å². The lowest BCUT2D eigenvalue weighted by molar-refractivity contribution is -0.386. The number of benzene rings is 2. The zero-order chi connectivity index (χ0) is 13.7. The van der Waals surface area contributed by atoms with Crippen LogP contribution < -0.4 is 0 Å². The van der Waals surface area contributed by atoms with E-state index in [1.165, 1.54) is 6.07 Å². The Bertz CT molecular complexity index is 572. The molecular formula is C14H12BrNO3. The van der Waals surface area contributed by atoms with Gasteiger partial charge in [0.2, 0.25) is 0 Å². The number of hydrogen-bond donors (Lipinski definition) is 0. The Morgan fingerprint density at radius 1 is 1.11 bits per heavy atom. The lowest BCUT2D eigenvalue weighted by atomic mass is 10.2. The SMILES string of the molecule is O=[N+]([O-])c1cc(Br)ccc1COCc1ccccc1. The first-order valence-electron chi connectivity index (χ1n) is 5.71. The number of ether oxygens (including phenoxy) is 1. The molecule has 2 aromatic rings. The van der Waals surface area contributed by atoms with Gasteiger partial charge >= 0.3 is 0 Å². The maximum atomic E-state index is 10.9. The molecule has 98 valence electrons. The second-order valence-corrected chi connectivity index (χ2v) is 4.92. The summed E-state index contributed by atoms with van der Waals surface area (Å²) in [5, 5.41) is 10.9. The summed E-state index contributed by atoms with van der Waals surface area (Å²) in [5.41, 5.74) is 1.69. The van der Waals surface area contributed by atoms with Crippen LogP contribution in [0.2, 0.25) is 0 Å². The van der Waals surface area contributed by atoms with Crippen LogP contribution in [-0.4, -0.2) is 4.92 Å². The van der Waals surface area contributed by atoms with Crippen LogP contribution >= 0.6 is 15.9 Å². The van der Waals surface area contributed by atoms with E-state index in [9.17, 15) is 10.1 Å². The second kappa shape index (κ2) is 6.45. The van der Waals surface area contributed by atoms with Gasteiger partial charge in [-0.3, -0.25) is 10.1 Å². The van der Waals surface area contributed by atoms with E-state index >= 15 is 0 Å². The first-order valence-corrected chi connectivity index (χ1v) is 6.50. The standard InChI is InChI=1S/C14H12BrNO3/c15-13-7-6-12(14(8-13)16(17)18)10-19-9-11-4-2-1-3-5-11/h1-8H,9-10H2. The highest BCUT2D eigenvalue weighted by Crippen LogP contribution is 2.24. The molecule has 0 aliphatic carbocycles. The van der Waals surface area contributed by atoms with Gasteiger partial charge in [-0.25, -0.2) is 0 Å². The summed E-state index contributed by atoms with van der Waals surface area (Å²) in [4.78, 5) is 10.5. The zero-order valence-electron chi connectivity index (χ0n) is 10.1. The van der Waals surface area contributed by atoms with Gasteiger partial charge in [0, 0.05) is 10.5 Å². The molecule has 0 aliphatic rings. The van der Waals surface area contributed by atoms with E-state index < -0.39 is 4.92 Å². The molecule has 0 bridgehead atoms. The predicted octanol–water partition coefficient (Wildman–Crippen LogP) is 4.07. The highest BCUT2D eigenvalue weighted by atomic mass is 79.9. The first kappa shape index (κ1) is 13.7. The number of hydrogen-bond acceptors (Lipinski definition) is 3. The third kappa shape index (κ3) is 3.87. The molecule has 0 fully saturated rings. The fraction of sp³-hybridized carbons (Fsp3) is 0.143. The highest BCUT2D eigenvalue weighted by molar-refractivity contribution is 9.10. The minimum Gasteiger partial charge on any atom is -0.372 e. The van der Waals surface area contributed by atoms with Crippen LogP contribution in [0.25, 0.3) is 0 Å². The Kier molecular flexibility index (Phi) is 4.65. The second-order valence-electron chi connectivity index (χ2n) is 4.01. The smallest absolute Gasteiger partial charge is 0.276 e. The first-order chi connectivity index (χ1) is 9.16. The van der Waals surface area contributed by atoms with Crippen molar-refractivity contribution in [2.24, 2.45) is 0 Å². The highest BCUT2D eigenvalue weighted by Gasteiger charge is 2.13. The van der Waals surface area contributed by atoms with E-state index in [0.717, 1.165) is 5.56 Å². The minimum absolute atomic E-state index is 0.0717. The summed E-state index contributed by atoms with van der Waals surface area (Å²) < 4.78 is 6.20. The predicted molar refractivity (Wildman–Crippen MR) is 75.7 cm³/mol. The maximum Gasteiger partial charge on any atom is 0.276 e. The van der Waals surface area contributed by atoms with Crippen molar-refractivity contribution < 1.29 is 9.66 Å². The van der Waals surface area contributed by atoms with Gasteiger partial charge in [0.15, 0.2) is 0 Å². The number of rotatable bonds is 5. The summed E-state index contributed by atoms with van der Waals surface area (Å²) in [6.45, 7) is 0.659. The van der Waals surface area contributed by atoms with Crippen LogP contribution in [0.1, 0.15) is 11.1 Å². The third-order valence-electron chi connectivity index (χ3n) is 2.61. The van der Waals surface area contributed by atoms with Crippen molar-refractivity contribution in [3.8, 4) is 0 Å². The molecule has 19 heavy (non-hydrogen) atoms. The molecule has 0 atom stereocenters. The van der Waals surface area contributed by atoms with Gasteiger partial charge < -0.3 is 4.74 Å². The Morgan fingerprint density at radius 2 is 1.84 bits per heavy atom. The van der Waals surface area contributed by atoms with Crippen molar-refractivity contribution >= 4 is 21.6 Å². The fourth-order valence-corrected chi connectivity index (χ4v) is 2.03. The molecule has 0 unspecified atom stereocenters. The van der Waals surface area contributed by atoms with E-state index in [-0.39, 0.29) is 12.3 Å². The van der Waals surface area contributed by atoms with Gasteiger partial charge in [-0.2, -0.15) is 0 Å². The molecule has 0 aromatic heterocycles. The number of nitro benzene ring substituents is 1. The molecular weight excluding hydrogens is 310 g/mol. The largest absolute Gasteiger partial charge is 0.372 e. The molecule has 4 nitrogen and oxygen atoms in total. The van der Waals surface area contributed by atoms with Crippen molar-refractivity contribution in [1.29, 1.82) is 0 Å². The molecule has 2 rings (SSSR count). The summed E-state index contributed by atoms with van der Waals surface area (Å²) >= 11 is 3.22. The monoisotopic (exact) mass is 321 g/mol. The molecule has 0 spiro atoms. The number of halogens is 1. The molecule has 2 aromatic carbocycles. The Morgan fingerprint density at radius 3 is 2.53 bits per heavy atom. The van der Waals surface area contributed by atoms with Crippen molar-refractivity contribution in [1.82, 2.24) is 0 Å². The average molecular weight is 322 g/mol. The molecule has 0 saturated carbocycles. The third-order valence-corrected chi connectivity index (χ3v) is 3.11. The lowest BCUT2D eigenvalue weighted by Gasteiger charge is -2.05. The van der Waals surface area contributed by atoms with Crippen LogP contribution in [0.3, 0.4) is 0 Å². The average Bonchev–Trinajstić information content (AvgIpc) is 2.41.